The van der Waals surface area contributed by atoms with Gasteiger partial charge >= 0.3 is 0 Å². The van der Waals surface area contributed by atoms with Crippen LogP contribution in [-0.4, -0.2) is 90.0 Å². The summed E-state index contributed by atoms with van der Waals surface area (Å²) in [6, 6.07) is 18.2. The number of nitrogens with two attached hydrogens (primary N) is 3. The Hall–Kier alpha value is -6.60. The number of Topliss-reactive ketones (excluding diaryl/α,β-unsaturated/α-hetero) is 3. The Morgan fingerprint density at radius 1 is 0.882 bits per heavy atom. The number of aromatic nitrogens is 2. The third kappa shape index (κ3) is 13.1. The monoisotopic (exact) mass is 927 g/mol. The zero-order valence-corrected chi connectivity index (χ0v) is 40.2. The molecular weight excluding hydrogens is 861 g/mol. The van der Waals surface area contributed by atoms with Crippen molar-refractivity contribution in [3.8, 4) is 40.1 Å². The fourth-order valence-electron chi connectivity index (χ4n) is 8.63. The molecule has 1 aliphatic heterocycles. The number of ether oxygens (including phenoxy) is 2. The smallest absolute Gasteiger partial charge is 0.226 e. The van der Waals surface area contributed by atoms with Crippen LogP contribution in [0.3, 0.4) is 0 Å². The summed E-state index contributed by atoms with van der Waals surface area (Å²) in [5.41, 5.74) is 24.5. The highest BCUT2D eigenvalue weighted by Gasteiger charge is 2.36. The number of likely N-dealkylation sites (N-methyl/N-ethyl adjacent to an activating group) is 1. The predicted molar refractivity (Wildman–Crippen MR) is 262 cm³/mol. The summed E-state index contributed by atoms with van der Waals surface area (Å²) in [6.45, 7) is 10.2. The molecule has 0 fully saturated rings. The van der Waals surface area contributed by atoms with Gasteiger partial charge in [0.2, 0.25) is 11.8 Å². The van der Waals surface area contributed by atoms with E-state index in [-0.39, 0.29) is 82.9 Å². The molecule has 3 aromatic carbocycles. The van der Waals surface area contributed by atoms with Gasteiger partial charge in [0, 0.05) is 74.3 Å². The Morgan fingerprint density at radius 3 is 2.09 bits per heavy atom. The van der Waals surface area contributed by atoms with Crippen LogP contribution < -0.4 is 32.0 Å². The molecule has 1 aliphatic rings. The van der Waals surface area contributed by atoms with Crippen molar-refractivity contribution >= 4 is 35.2 Å². The SMILES string of the molecule is CCC(=Cc1ccc(-c2nc(C)c(C(=O)C[C@@H](CCN)C(=O)N(C)[C@@H]3C(=O)C[C@@H](C)C(=O)N[C@H](C(=O)CCC#N)Cc4ccc(OCCN)c(c4)-c4cc3ccc4OCCN)c(C)n2)cc1)CC. The summed E-state index contributed by atoms with van der Waals surface area (Å²) in [5.74, 6) is -2.70. The van der Waals surface area contributed by atoms with Gasteiger partial charge in [0.05, 0.1) is 29.1 Å². The molecule has 0 radical (unpaired) electrons. The maximum Gasteiger partial charge on any atom is 0.226 e. The molecule has 0 spiro atoms. The second-order valence-corrected chi connectivity index (χ2v) is 17.3. The van der Waals surface area contributed by atoms with Gasteiger partial charge in [-0.25, -0.2) is 9.97 Å². The molecule has 1 aromatic heterocycles. The number of ketones is 3. The van der Waals surface area contributed by atoms with Crippen LogP contribution in [0.2, 0.25) is 0 Å². The molecule has 0 aliphatic carbocycles. The number of nitriles is 1. The van der Waals surface area contributed by atoms with Gasteiger partial charge in [-0.1, -0.05) is 68.8 Å². The maximum absolute atomic E-state index is 14.9. The highest BCUT2D eigenvalue weighted by Crippen LogP contribution is 2.41. The summed E-state index contributed by atoms with van der Waals surface area (Å²) in [6.07, 6.45) is 3.72. The van der Waals surface area contributed by atoms with E-state index >= 15 is 0 Å². The van der Waals surface area contributed by atoms with Crippen molar-refractivity contribution in [1.82, 2.24) is 20.2 Å². The Morgan fingerprint density at radius 2 is 1.50 bits per heavy atom. The summed E-state index contributed by atoms with van der Waals surface area (Å²) >= 11 is 0. The first-order valence-corrected chi connectivity index (χ1v) is 23.5. The van der Waals surface area contributed by atoms with Crippen LogP contribution in [0.1, 0.15) is 110 Å². The number of nitrogens with one attached hydrogen (secondary N) is 1. The van der Waals surface area contributed by atoms with Crippen molar-refractivity contribution in [3.63, 3.8) is 0 Å². The number of hydrogen-bond donors (Lipinski definition) is 4. The molecule has 4 atom stereocenters. The van der Waals surface area contributed by atoms with Crippen molar-refractivity contribution in [1.29, 1.82) is 5.26 Å². The number of allylic oxidation sites excluding steroid dienone is 1. The third-order valence-corrected chi connectivity index (χ3v) is 12.3. The van der Waals surface area contributed by atoms with Crippen LogP contribution >= 0.6 is 0 Å². The van der Waals surface area contributed by atoms with E-state index in [0.717, 1.165) is 24.0 Å². The first-order valence-electron chi connectivity index (χ1n) is 23.5. The normalized spacial score (nSPS) is 16.4. The topological polar surface area (TPSA) is 247 Å². The first-order chi connectivity index (χ1) is 32.7. The van der Waals surface area contributed by atoms with E-state index in [4.69, 9.17) is 36.6 Å². The molecule has 360 valence electrons. The summed E-state index contributed by atoms with van der Waals surface area (Å²) in [5, 5.41) is 12.1. The van der Waals surface area contributed by atoms with E-state index < -0.39 is 41.5 Å². The van der Waals surface area contributed by atoms with Crippen molar-refractivity contribution in [2.24, 2.45) is 29.0 Å². The molecule has 2 amide bonds. The number of benzene rings is 3. The predicted octanol–water partition coefficient (Wildman–Crippen LogP) is 6.55. The minimum Gasteiger partial charge on any atom is -0.492 e. The van der Waals surface area contributed by atoms with Gasteiger partial charge in [-0.2, -0.15) is 5.26 Å². The minimum absolute atomic E-state index is 0.0323. The van der Waals surface area contributed by atoms with E-state index in [1.807, 2.05) is 36.4 Å². The fourth-order valence-corrected chi connectivity index (χ4v) is 8.63. The van der Waals surface area contributed by atoms with Gasteiger partial charge < -0.3 is 36.9 Å². The number of rotatable bonds is 20. The van der Waals surface area contributed by atoms with Gasteiger partial charge in [-0.15, -0.1) is 0 Å². The van der Waals surface area contributed by atoms with Gasteiger partial charge in [0.15, 0.2) is 23.2 Å². The zero-order chi connectivity index (χ0) is 49.5. The van der Waals surface area contributed by atoms with Gasteiger partial charge in [0.1, 0.15) is 30.8 Å². The number of aryl methyl sites for hydroxylation is 2. The lowest BCUT2D eigenvalue weighted by Gasteiger charge is -2.32. The number of carbonyl (C=O) groups excluding carboxylic acids is 5. The van der Waals surface area contributed by atoms with E-state index in [1.54, 1.807) is 51.1 Å². The molecule has 68 heavy (non-hydrogen) atoms. The molecule has 2 heterocycles. The molecule has 15 heteroatoms. The average molecular weight is 927 g/mol. The van der Waals surface area contributed by atoms with Crippen LogP contribution in [0.5, 0.6) is 11.5 Å². The Balaban J connectivity index is 1.55. The zero-order valence-electron chi connectivity index (χ0n) is 40.2. The van der Waals surface area contributed by atoms with Gasteiger partial charge in [-0.05, 0) is 87.0 Å². The Kier molecular flexibility index (Phi) is 19.2. The average Bonchev–Trinajstić information content (AvgIpc) is 3.32. The largest absolute Gasteiger partial charge is 0.492 e. The molecule has 0 saturated carbocycles. The Labute approximate surface area is 399 Å². The lowest BCUT2D eigenvalue weighted by Crippen LogP contribution is -2.46. The van der Waals surface area contributed by atoms with Crippen LogP contribution in [0.15, 0.2) is 66.2 Å². The van der Waals surface area contributed by atoms with Crippen molar-refractivity contribution < 1.29 is 33.4 Å². The Bertz CT molecular complexity index is 2500. The molecule has 0 saturated heterocycles. The molecule has 5 rings (SSSR count). The number of hydrogen-bond acceptors (Lipinski definition) is 13. The number of carbonyl (C=O) groups is 5. The van der Waals surface area contributed by atoms with Crippen LogP contribution in [0, 0.1) is 37.0 Å². The number of fused-ring (bicyclic) bond motifs is 5. The van der Waals surface area contributed by atoms with Crippen LogP contribution in [0.4, 0.5) is 0 Å². The van der Waals surface area contributed by atoms with E-state index in [0.29, 0.717) is 56.5 Å². The van der Waals surface area contributed by atoms with Crippen LogP contribution in [0.25, 0.3) is 28.6 Å². The summed E-state index contributed by atoms with van der Waals surface area (Å²) < 4.78 is 12.3. The maximum atomic E-state index is 14.9. The van der Waals surface area contributed by atoms with Crippen molar-refractivity contribution in [3.05, 3.63) is 99.9 Å². The fraction of sp³-hybridized carbons (Fsp3) is 0.434. The lowest BCUT2D eigenvalue weighted by atomic mass is 9.88. The van der Waals surface area contributed by atoms with Gasteiger partial charge in [-0.3, -0.25) is 24.0 Å². The molecule has 4 aromatic rings. The minimum atomic E-state index is -1.24. The van der Waals surface area contributed by atoms with Crippen LogP contribution in [-0.2, 0) is 25.6 Å². The highest BCUT2D eigenvalue weighted by atomic mass is 16.5. The van der Waals surface area contributed by atoms with Gasteiger partial charge in [0.25, 0.3) is 0 Å². The molecule has 15 nitrogen and oxygen atoms in total. The van der Waals surface area contributed by atoms with E-state index in [9.17, 15) is 29.2 Å². The van der Waals surface area contributed by atoms with E-state index in [2.05, 4.69) is 25.2 Å². The number of amides is 2. The molecule has 7 N–H and O–H groups in total. The van der Waals surface area contributed by atoms with E-state index in [1.165, 1.54) is 17.5 Å². The first kappa shape index (κ1) is 52.4. The standard InChI is InChI=1S/C53H66N8O7/c1-7-35(8-2)27-36-11-14-38(15-12-36)51-58-33(4)49(34(5)59-51)45(63)31-40(19-21-55)53(66)61(6)50-39-16-18-48(68-25-23-57)42(30-39)41-28-37(13-17-47(41)67-24-22-56)29-43(44(62)10-9-20-54)60-52(65)32(3)26-46(50)64/h11-18,27-28,30,32,40,43,50H,7-10,19,21-26,29,31,55-57H2,1-6H3,(H,60,65)/t32-,40-,43+,50+/m1/s1. The molecule has 4 bridgehead atoms. The molecule has 0 unspecified atom stereocenters. The van der Waals surface area contributed by atoms with Crippen molar-refractivity contribution in [2.75, 3.05) is 39.9 Å². The summed E-state index contributed by atoms with van der Waals surface area (Å²) in [7, 11) is 1.51. The number of nitrogens with zero attached hydrogens (tertiary/aromatic N) is 4. The second kappa shape index (κ2) is 25.0. The highest BCUT2D eigenvalue weighted by molar-refractivity contribution is 6.01. The quantitative estimate of drug-likeness (QED) is 0.0688. The second-order valence-electron chi connectivity index (χ2n) is 17.3. The third-order valence-electron chi connectivity index (χ3n) is 12.3. The summed E-state index contributed by atoms with van der Waals surface area (Å²) in [4.78, 5) is 82.0. The molecular formula is C53H66N8O7. The lowest BCUT2D eigenvalue weighted by molar-refractivity contribution is -0.142. The van der Waals surface area contributed by atoms with Crippen molar-refractivity contribution in [2.45, 2.75) is 98.1 Å².